The molecule has 0 saturated carbocycles. The number of aryl methyl sites for hydroxylation is 1. The Labute approximate surface area is 202 Å². The van der Waals surface area contributed by atoms with Crippen LogP contribution in [0, 0.1) is 22.7 Å². The Morgan fingerprint density at radius 3 is 2.56 bits per heavy atom. The Kier molecular flexibility index (Phi) is 6.91. The van der Waals surface area contributed by atoms with E-state index in [9.17, 15) is 10.5 Å². The van der Waals surface area contributed by atoms with Gasteiger partial charge in [-0.05, 0) is 35.7 Å². The Morgan fingerprint density at radius 2 is 1.79 bits per heavy atom. The Balaban J connectivity index is 1.64. The lowest BCUT2D eigenvalue weighted by atomic mass is 9.88. The van der Waals surface area contributed by atoms with Crippen LogP contribution in [0.15, 0.2) is 67.1 Å². The van der Waals surface area contributed by atoms with E-state index in [2.05, 4.69) is 58.6 Å². The number of unbranched alkanes of at least 4 members (excludes halogenated alkanes) is 1. The number of fused-ring (bicyclic) bond motifs is 1. The number of nitriles is 2. The van der Waals surface area contributed by atoms with Crippen LogP contribution in [0.4, 0.5) is 0 Å². The third-order valence-electron chi connectivity index (χ3n) is 6.15. The smallest absolute Gasteiger partial charge is 0.143 e. The van der Waals surface area contributed by atoms with Crippen LogP contribution >= 0.6 is 0 Å². The zero-order valence-electron chi connectivity index (χ0n) is 20.0. The number of hydrogen-bond acceptors (Lipinski definition) is 4. The summed E-state index contributed by atoms with van der Waals surface area (Å²) in [7, 11) is -1.01. The minimum Gasteiger partial charge on any atom is -0.332 e. The molecule has 170 valence electrons. The fourth-order valence-corrected chi connectivity index (χ4v) is 5.70. The quantitative estimate of drug-likeness (QED) is 0.214. The van der Waals surface area contributed by atoms with Crippen molar-refractivity contribution in [2.75, 3.05) is 0 Å². The van der Waals surface area contributed by atoms with Crippen molar-refractivity contribution in [3.8, 4) is 23.4 Å². The van der Waals surface area contributed by atoms with E-state index in [1.165, 1.54) is 12.5 Å². The SMILES string of the molecule is C[Si](C)(C)CCCCn1ccc2c(-c3cccc(C(C#N)c4ccccc4C#N)c3)ncnc21. The molecule has 2 heterocycles. The van der Waals surface area contributed by atoms with Crippen LogP contribution in [0.5, 0.6) is 0 Å². The molecule has 0 fully saturated rings. The Bertz CT molecular complexity index is 1380. The van der Waals surface area contributed by atoms with Gasteiger partial charge in [0.15, 0.2) is 0 Å². The van der Waals surface area contributed by atoms with Crippen LogP contribution in [0.2, 0.25) is 25.7 Å². The largest absolute Gasteiger partial charge is 0.332 e. The molecule has 0 radical (unpaired) electrons. The van der Waals surface area contributed by atoms with Gasteiger partial charge in [0.25, 0.3) is 0 Å². The van der Waals surface area contributed by atoms with Gasteiger partial charge in [-0.1, -0.05) is 68.5 Å². The summed E-state index contributed by atoms with van der Waals surface area (Å²) >= 11 is 0. The van der Waals surface area contributed by atoms with Gasteiger partial charge < -0.3 is 4.57 Å². The van der Waals surface area contributed by atoms with Crippen molar-refractivity contribution < 1.29 is 0 Å². The van der Waals surface area contributed by atoms with Crippen LogP contribution in [-0.2, 0) is 6.54 Å². The van der Waals surface area contributed by atoms with Gasteiger partial charge in [-0.25, -0.2) is 9.97 Å². The zero-order chi connectivity index (χ0) is 24.1. The lowest BCUT2D eigenvalue weighted by Gasteiger charge is -2.15. The van der Waals surface area contributed by atoms with E-state index in [1.807, 2.05) is 42.5 Å². The molecule has 4 aromatic rings. The first-order valence-corrected chi connectivity index (χ1v) is 15.4. The van der Waals surface area contributed by atoms with E-state index in [4.69, 9.17) is 0 Å². The van der Waals surface area contributed by atoms with Crippen molar-refractivity contribution in [1.82, 2.24) is 14.5 Å². The van der Waals surface area contributed by atoms with Crippen LogP contribution < -0.4 is 0 Å². The van der Waals surface area contributed by atoms with Crippen molar-refractivity contribution >= 4 is 19.1 Å². The highest BCUT2D eigenvalue weighted by Gasteiger charge is 2.19. The third-order valence-corrected chi connectivity index (χ3v) is 8.00. The molecule has 1 atom stereocenters. The lowest BCUT2D eigenvalue weighted by Crippen LogP contribution is -2.18. The topological polar surface area (TPSA) is 78.3 Å². The minimum atomic E-state index is -1.01. The molecule has 6 heteroatoms. The van der Waals surface area contributed by atoms with Crippen LogP contribution in [0.3, 0.4) is 0 Å². The van der Waals surface area contributed by atoms with E-state index in [0.29, 0.717) is 5.56 Å². The molecular formula is C28H29N5Si. The van der Waals surface area contributed by atoms with Crippen molar-refractivity contribution in [3.63, 3.8) is 0 Å². The number of benzene rings is 2. The molecule has 0 aliphatic rings. The zero-order valence-corrected chi connectivity index (χ0v) is 21.0. The maximum Gasteiger partial charge on any atom is 0.143 e. The normalized spacial score (nSPS) is 12.3. The number of aromatic nitrogens is 3. The predicted molar refractivity (Wildman–Crippen MR) is 139 cm³/mol. The fourth-order valence-electron chi connectivity index (χ4n) is 4.39. The maximum absolute atomic E-state index is 9.96. The van der Waals surface area contributed by atoms with Gasteiger partial charge in [-0.2, -0.15) is 10.5 Å². The standard InChI is InChI=1S/C28H29N5Si/c1-34(2,3)16-7-6-14-33-15-13-25-27(31-20-32-28(25)33)22-11-8-10-21(17-22)26(19-30)24-12-5-4-9-23(24)18-29/h4-5,8-13,15,17,20,26H,6-7,14,16H2,1-3H3. The summed E-state index contributed by atoms with van der Waals surface area (Å²) in [6, 6.07) is 23.2. The first kappa shape index (κ1) is 23.4. The summed E-state index contributed by atoms with van der Waals surface area (Å²) in [6.07, 6.45) is 6.11. The Morgan fingerprint density at radius 1 is 0.971 bits per heavy atom. The van der Waals surface area contributed by atoms with Crippen LogP contribution in [-0.4, -0.2) is 22.6 Å². The summed E-state index contributed by atoms with van der Waals surface area (Å²) in [5.74, 6) is -0.524. The monoisotopic (exact) mass is 463 g/mol. The molecule has 2 aromatic carbocycles. The summed E-state index contributed by atoms with van der Waals surface area (Å²) in [5.41, 5.74) is 4.83. The number of rotatable bonds is 8. The van der Waals surface area contributed by atoms with E-state index in [0.717, 1.165) is 46.4 Å². The highest BCUT2D eigenvalue weighted by Crippen LogP contribution is 2.32. The van der Waals surface area contributed by atoms with E-state index in [-0.39, 0.29) is 0 Å². The van der Waals surface area contributed by atoms with Crippen molar-refractivity contribution in [3.05, 3.63) is 83.8 Å². The van der Waals surface area contributed by atoms with Crippen LogP contribution in [0.1, 0.15) is 35.4 Å². The predicted octanol–water partition coefficient (Wildman–Crippen LogP) is 6.74. The molecule has 5 nitrogen and oxygen atoms in total. The molecular weight excluding hydrogens is 434 g/mol. The molecule has 4 rings (SSSR count). The summed E-state index contributed by atoms with van der Waals surface area (Å²) < 4.78 is 2.22. The van der Waals surface area contributed by atoms with Gasteiger partial charge in [-0.3, -0.25) is 0 Å². The van der Waals surface area contributed by atoms with Gasteiger partial charge in [0.1, 0.15) is 12.0 Å². The van der Waals surface area contributed by atoms with Gasteiger partial charge in [0.2, 0.25) is 0 Å². The van der Waals surface area contributed by atoms with Crippen LogP contribution in [0.25, 0.3) is 22.3 Å². The van der Waals surface area contributed by atoms with Crippen molar-refractivity contribution in [2.24, 2.45) is 0 Å². The maximum atomic E-state index is 9.96. The average Bonchev–Trinajstić information content (AvgIpc) is 3.25. The molecule has 0 saturated heterocycles. The molecule has 0 N–H and O–H groups in total. The third kappa shape index (κ3) is 5.08. The number of nitrogens with zero attached hydrogens (tertiary/aromatic N) is 5. The number of hydrogen-bond donors (Lipinski definition) is 0. The van der Waals surface area contributed by atoms with Crippen molar-refractivity contribution in [1.29, 1.82) is 10.5 Å². The highest BCUT2D eigenvalue weighted by atomic mass is 28.3. The molecule has 2 aromatic heterocycles. The second kappa shape index (κ2) is 10.0. The van der Waals surface area contributed by atoms with Crippen molar-refractivity contribution in [2.45, 2.75) is 51.0 Å². The lowest BCUT2D eigenvalue weighted by molar-refractivity contribution is 0.642. The Hall–Kier alpha value is -3.74. The highest BCUT2D eigenvalue weighted by molar-refractivity contribution is 6.76. The van der Waals surface area contributed by atoms with Gasteiger partial charge in [0, 0.05) is 31.8 Å². The second-order valence-corrected chi connectivity index (χ2v) is 15.5. The molecule has 0 amide bonds. The van der Waals surface area contributed by atoms with E-state index < -0.39 is 14.0 Å². The second-order valence-electron chi connectivity index (χ2n) is 9.87. The molecule has 0 aliphatic carbocycles. The minimum absolute atomic E-state index is 0.523. The fraction of sp³-hybridized carbons (Fsp3) is 0.286. The average molecular weight is 464 g/mol. The summed E-state index contributed by atoms with van der Waals surface area (Å²) in [6.45, 7) is 8.20. The molecule has 0 bridgehead atoms. The van der Waals surface area contributed by atoms with Gasteiger partial charge in [-0.15, -0.1) is 0 Å². The van der Waals surface area contributed by atoms with E-state index >= 15 is 0 Å². The van der Waals surface area contributed by atoms with E-state index in [1.54, 1.807) is 12.4 Å². The summed E-state index contributed by atoms with van der Waals surface area (Å²) in [5, 5.41) is 20.5. The molecule has 1 unspecified atom stereocenters. The van der Waals surface area contributed by atoms with Gasteiger partial charge in [0.05, 0.1) is 29.3 Å². The summed E-state index contributed by atoms with van der Waals surface area (Å²) in [4.78, 5) is 9.17. The molecule has 0 spiro atoms. The molecule has 0 aliphatic heterocycles. The van der Waals surface area contributed by atoms with Gasteiger partial charge >= 0.3 is 0 Å². The molecule has 34 heavy (non-hydrogen) atoms. The first-order chi connectivity index (χ1) is 16.4. The first-order valence-electron chi connectivity index (χ1n) is 11.7.